The summed E-state index contributed by atoms with van der Waals surface area (Å²) in [5.74, 6) is -1.07. The van der Waals surface area contributed by atoms with Gasteiger partial charge in [-0.2, -0.15) is 5.10 Å². The Balaban J connectivity index is 2.03. The highest BCUT2D eigenvalue weighted by Gasteiger charge is 2.09. The molecule has 2 rings (SSSR count). The van der Waals surface area contributed by atoms with Crippen LogP contribution < -0.4 is 5.32 Å². The molecule has 1 aromatic carbocycles. The van der Waals surface area contributed by atoms with E-state index in [0.717, 1.165) is 5.56 Å². The Morgan fingerprint density at radius 3 is 2.86 bits per heavy atom. The minimum absolute atomic E-state index is 0.0701. The Hall–Kier alpha value is -2.63. The van der Waals surface area contributed by atoms with Crippen molar-refractivity contribution >= 4 is 17.6 Å². The van der Waals surface area contributed by atoms with Crippen molar-refractivity contribution in [2.45, 2.75) is 26.3 Å². The largest absolute Gasteiger partial charge is 0.481 e. The topological polar surface area (TPSA) is 84.2 Å². The summed E-state index contributed by atoms with van der Waals surface area (Å²) in [6.07, 6.45) is 3.71. The third-order valence-corrected chi connectivity index (χ3v) is 3.03. The van der Waals surface area contributed by atoms with Crippen LogP contribution in [0.25, 0.3) is 0 Å². The normalized spacial score (nSPS) is 10.3. The quantitative estimate of drug-likeness (QED) is 0.852. The molecule has 0 unspecified atom stereocenters. The van der Waals surface area contributed by atoms with Crippen molar-refractivity contribution in [1.82, 2.24) is 9.78 Å². The number of rotatable bonds is 6. The van der Waals surface area contributed by atoms with Crippen molar-refractivity contribution in [2.24, 2.45) is 0 Å². The number of carboxylic acids is 1. The Morgan fingerprint density at radius 2 is 2.19 bits per heavy atom. The molecule has 0 fully saturated rings. The van der Waals surface area contributed by atoms with Gasteiger partial charge < -0.3 is 10.4 Å². The van der Waals surface area contributed by atoms with Crippen molar-refractivity contribution in [3.05, 3.63) is 47.8 Å². The van der Waals surface area contributed by atoms with Gasteiger partial charge in [0.15, 0.2) is 0 Å². The van der Waals surface area contributed by atoms with Gasteiger partial charge in [-0.1, -0.05) is 12.1 Å². The molecule has 0 bridgehead atoms. The third kappa shape index (κ3) is 4.17. The Kier molecular flexibility index (Phi) is 4.71. The standard InChI is InChI=1S/C15H17N3O3/c1-2-18-10-12(9-16-18)15(21)17-13-5-3-4-11(8-13)6-7-14(19)20/h3-5,8-10H,2,6-7H2,1H3,(H,17,21)(H,19,20). The van der Waals surface area contributed by atoms with E-state index in [4.69, 9.17) is 5.11 Å². The second kappa shape index (κ2) is 6.69. The maximum Gasteiger partial charge on any atom is 0.303 e. The van der Waals surface area contributed by atoms with E-state index in [1.165, 1.54) is 6.20 Å². The number of nitrogens with zero attached hydrogens (tertiary/aromatic N) is 2. The van der Waals surface area contributed by atoms with Gasteiger partial charge >= 0.3 is 5.97 Å². The highest BCUT2D eigenvalue weighted by atomic mass is 16.4. The van der Waals surface area contributed by atoms with E-state index in [-0.39, 0.29) is 12.3 Å². The van der Waals surface area contributed by atoms with E-state index in [0.29, 0.717) is 24.2 Å². The number of amides is 1. The molecule has 1 heterocycles. The summed E-state index contributed by atoms with van der Waals surface area (Å²) in [6, 6.07) is 7.19. The lowest BCUT2D eigenvalue weighted by molar-refractivity contribution is -0.136. The van der Waals surface area contributed by atoms with Crippen LogP contribution in [-0.2, 0) is 17.8 Å². The number of aliphatic carboxylic acids is 1. The van der Waals surface area contributed by atoms with Crippen LogP contribution in [-0.4, -0.2) is 26.8 Å². The SMILES string of the molecule is CCn1cc(C(=O)Nc2cccc(CCC(=O)O)c2)cn1. The Morgan fingerprint density at radius 1 is 1.38 bits per heavy atom. The smallest absolute Gasteiger partial charge is 0.303 e. The summed E-state index contributed by atoms with van der Waals surface area (Å²) in [4.78, 5) is 22.6. The molecule has 0 saturated carbocycles. The molecule has 0 spiro atoms. The van der Waals surface area contributed by atoms with Gasteiger partial charge in [0.1, 0.15) is 0 Å². The lowest BCUT2D eigenvalue weighted by Crippen LogP contribution is -2.11. The first-order valence-corrected chi connectivity index (χ1v) is 6.73. The fourth-order valence-corrected chi connectivity index (χ4v) is 1.91. The molecule has 0 aliphatic carbocycles. The minimum atomic E-state index is -0.837. The molecule has 2 aromatic rings. The number of carbonyl (C=O) groups is 2. The zero-order valence-electron chi connectivity index (χ0n) is 11.7. The zero-order valence-corrected chi connectivity index (χ0v) is 11.7. The van der Waals surface area contributed by atoms with E-state index in [9.17, 15) is 9.59 Å². The number of aryl methyl sites for hydroxylation is 2. The minimum Gasteiger partial charge on any atom is -0.481 e. The Labute approximate surface area is 122 Å². The molecular formula is C15H17N3O3. The lowest BCUT2D eigenvalue weighted by Gasteiger charge is -2.06. The summed E-state index contributed by atoms with van der Waals surface area (Å²) >= 11 is 0. The maximum atomic E-state index is 12.1. The van der Waals surface area contributed by atoms with Crippen LogP contribution in [0.4, 0.5) is 5.69 Å². The first-order chi connectivity index (χ1) is 10.1. The molecule has 1 amide bonds. The number of anilines is 1. The number of benzene rings is 1. The predicted octanol–water partition coefficient (Wildman–Crippen LogP) is 2.17. The zero-order chi connectivity index (χ0) is 15.2. The van der Waals surface area contributed by atoms with Crippen molar-refractivity contribution < 1.29 is 14.7 Å². The molecule has 0 radical (unpaired) electrons. The number of carbonyl (C=O) groups excluding carboxylic acids is 1. The average Bonchev–Trinajstić information content (AvgIpc) is 2.94. The van der Waals surface area contributed by atoms with Crippen molar-refractivity contribution in [1.29, 1.82) is 0 Å². The molecule has 0 aliphatic heterocycles. The van der Waals surface area contributed by atoms with Crippen LogP contribution >= 0.6 is 0 Å². The van der Waals surface area contributed by atoms with Gasteiger partial charge in [-0.25, -0.2) is 0 Å². The molecule has 2 N–H and O–H groups in total. The number of hydrogen-bond acceptors (Lipinski definition) is 3. The van der Waals surface area contributed by atoms with Gasteiger partial charge in [0.25, 0.3) is 5.91 Å². The molecule has 0 atom stereocenters. The van der Waals surface area contributed by atoms with E-state index in [2.05, 4.69) is 10.4 Å². The summed E-state index contributed by atoms with van der Waals surface area (Å²) < 4.78 is 1.68. The number of nitrogens with one attached hydrogen (secondary N) is 1. The first kappa shape index (κ1) is 14.8. The molecule has 110 valence electrons. The molecule has 21 heavy (non-hydrogen) atoms. The van der Waals surface area contributed by atoms with Crippen molar-refractivity contribution in [3.63, 3.8) is 0 Å². The summed E-state index contributed by atoms with van der Waals surface area (Å²) in [7, 11) is 0. The van der Waals surface area contributed by atoms with Gasteiger partial charge in [-0.05, 0) is 31.0 Å². The molecular weight excluding hydrogens is 270 g/mol. The van der Waals surface area contributed by atoms with Crippen molar-refractivity contribution in [3.8, 4) is 0 Å². The van der Waals surface area contributed by atoms with Crippen LogP contribution in [0.5, 0.6) is 0 Å². The van der Waals surface area contributed by atoms with E-state index < -0.39 is 5.97 Å². The molecule has 6 nitrogen and oxygen atoms in total. The predicted molar refractivity (Wildman–Crippen MR) is 78.3 cm³/mol. The lowest BCUT2D eigenvalue weighted by atomic mass is 10.1. The molecule has 6 heteroatoms. The van der Waals surface area contributed by atoms with Crippen molar-refractivity contribution in [2.75, 3.05) is 5.32 Å². The van der Waals surface area contributed by atoms with E-state index >= 15 is 0 Å². The van der Waals surface area contributed by atoms with Gasteiger partial charge in [0.2, 0.25) is 0 Å². The van der Waals surface area contributed by atoms with Crippen LogP contribution in [0.1, 0.15) is 29.3 Å². The molecule has 0 saturated heterocycles. The monoisotopic (exact) mass is 287 g/mol. The maximum absolute atomic E-state index is 12.1. The number of carboxylic acid groups (broad SMARTS) is 1. The van der Waals surface area contributed by atoms with Crippen LogP contribution in [0.15, 0.2) is 36.7 Å². The van der Waals surface area contributed by atoms with E-state index in [1.54, 1.807) is 29.1 Å². The number of aromatic nitrogens is 2. The van der Waals surface area contributed by atoms with Crippen LogP contribution in [0.3, 0.4) is 0 Å². The summed E-state index contributed by atoms with van der Waals surface area (Å²) in [5, 5.41) is 15.5. The van der Waals surface area contributed by atoms with Gasteiger partial charge in [0.05, 0.1) is 11.8 Å². The molecule has 0 aliphatic rings. The summed E-state index contributed by atoms with van der Waals surface area (Å²) in [5.41, 5.74) is 2.01. The average molecular weight is 287 g/mol. The first-order valence-electron chi connectivity index (χ1n) is 6.73. The van der Waals surface area contributed by atoms with Crippen LogP contribution in [0.2, 0.25) is 0 Å². The number of hydrogen-bond donors (Lipinski definition) is 2. The fraction of sp³-hybridized carbons (Fsp3) is 0.267. The third-order valence-electron chi connectivity index (χ3n) is 3.03. The van der Waals surface area contributed by atoms with Gasteiger partial charge in [-0.15, -0.1) is 0 Å². The van der Waals surface area contributed by atoms with E-state index in [1.807, 2.05) is 13.0 Å². The summed E-state index contributed by atoms with van der Waals surface area (Å²) in [6.45, 7) is 2.65. The second-order valence-corrected chi connectivity index (χ2v) is 4.63. The Bertz CT molecular complexity index is 649. The van der Waals surface area contributed by atoms with Gasteiger partial charge in [0, 0.05) is 24.8 Å². The molecule has 1 aromatic heterocycles. The van der Waals surface area contributed by atoms with Gasteiger partial charge in [-0.3, -0.25) is 14.3 Å². The van der Waals surface area contributed by atoms with Crippen LogP contribution in [0, 0.1) is 0 Å². The highest BCUT2D eigenvalue weighted by Crippen LogP contribution is 2.13. The highest BCUT2D eigenvalue weighted by molar-refractivity contribution is 6.03. The fourth-order valence-electron chi connectivity index (χ4n) is 1.91. The second-order valence-electron chi connectivity index (χ2n) is 4.63.